The van der Waals surface area contributed by atoms with Gasteiger partial charge in [-0.25, -0.2) is 0 Å². The van der Waals surface area contributed by atoms with E-state index < -0.39 is 0 Å². The van der Waals surface area contributed by atoms with E-state index in [2.05, 4.69) is 15.6 Å². The number of carbonyl (C=O) groups excluding carboxylic acids is 1. The molecule has 1 aliphatic rings. The molecule has 1 N–H and O–H groups in total. The quantitative estimate of drug-likeness (QED) is 0.904. The van der Waals surface area contributed by atoms with Crippen LogP contribution in [0.3, 0.4) is 0 Å². The van der Waals surface area contributed by atoms with E-state index in [0.717, 1.165) is 17.0 Å². The number of carbonyl (C=O) groups is 1. The first-order chi connectivity index (χ1) is 11.2. The first-order valence-electron chi connectivity index (χ1n) is 7.29. The molecule has 1 aromatic heterocycles. The van der Waals surface area contributed by atoms with E-state index in [1.165, 1.54) is 6.20 Å². The van der Waals surface area contributed by atoms with Crippen LogP contribution in [-0.2, 0) is 11.9 Å². The van der Waals surface area contributed by atoms with Gasteiger partial charge in [0.25, 0.3) is 5.91 Å². The van der Waals surface area contributed by atoms with E-state index in [4.69, 9.17) is 9.57 Å². The Kier molecular flexibility index (Phi) is 4.27. The summed E-state index contributed by atoms with van der Waals surface area (Å²) in [6.45, 7) is 0.400. The summed E-state index contributed by atoms with van der Waals surface area (Å²) in [6.07, 6.45) is 3.70. The summed E-state index contributed by atoms with van der Waals surface area (Å²) in [6, 6.07) is 7.65. The topological polar surface area (TPSA) is 77.7 Å². The first-order valence-corrected chi connectivity index (χ1v) is 7.29. The van der Waals surface area contributed by atoms with Gasteiger partial charge in [-0.05, 0) is 29.8 Å². The van der Waals surface area contributed by atoms with Crippen LogP contribution in [0.25, 0.3) is 0 Å². The molecule has 1 amide bonds. The fraction of sp³-hybridized carbons (Fsp3) is 0.312. The van der Waals surface area contributed by atoms with E-state index in [9.17, 15) is 4.79 Å². The molecule has 0 saturated carbocycles. The second-order valence-electron chi connectivity index (χ2n) is 5.31. The van der Waals surface area contributed by atoms with Crippen LogP contribution < -0.4 is 10.1 Å². The van der Waals surface area contributed by atoms with Crippen molar-refractivity contribution in [1.29, 1.82) is 0 Å². The number of nitrogens with one attached hydrogen (secondary N) is 1. The SMILES string of the molecule is COc1ccc(C2=NO[C@H](CNC(=O)c3cnn(C)c3)C2)cc1. The monoisotopic (exact) mass is 314 g/mol. The van der Waals surface area contributed by atoms with Gasteiger partial charge < -0.3 is 14.9 Å². The largest absolute Gasteiger partial charge is 0.497 e. The van der Waals surface area contributed by atoms with Crippen molar-refractivity contribution in [2.75, 3.05) is 13.7 Å². The highest BCUT2D eigenvalue weighted by Crippen LogP contribution is 2.19. The molecule has 3 rings (SSSR count). The average molecular weight is 314 g/mol. The van der Waals surface area contributed by atoms with Gasteiger partial charge in [0, 0.05) is 19.7 Å². The van der Waals surface area contributed by atoms with Gasteiger partial charge >= 0.3 is 0 Å². The van der Waals surface area contributed by atoms with Gasteiger partial charge in [0.2, 0.25) is 0 Å². The maximum Gasteiger partial charge on any atom is 0.254 e. The standard InChI is InChI=1S/C16H18N4O3/c1-20-10-12(8-18-20)16(21)17-9-14-7-15(19-23-14)11-3-5-13(22-2)6-4-11/h3-6,8,10,14H,7,9H2,1-2H3,(H,17,21)/t14-/m0/s1. The van der Waals surface area contributed by atoms with Crippen LogP contribution in [0, 0.1) is 0 Å². The molecule has 2 aromatic rings. The van der Waals surface area contributed by atoms with Crippen molar-refractivity contribution in [1.82, 2.24) is 15.1 Å². The Morgan fingerprint density at radius 1 is 1.43 bits per heavy atom. The molecular weight excluding hydrogens is 296 g/mol. The van der Waals surface area contributed by atoms with Gasteiger partial charge in [-0.1, -0.05) is 5.16 Å². The highest BCUT2D eigenvalue weighted by Gasteiger charge is 2.23. The van der Waals surface area contributed by atoms with E-state index in [1.54, 1.807) is 25.0 Å². The minimum Gasteiger partial charge on any atom is -0.497 e. The predicted octanol–water partition coefficient (Wildman–Crippen LogP) is 1.35. The molecule has 2 heterocycles. The van der Waals surface area contributed by atoms with Crippen molar-refractivity contribution in [2.24, 2.45) is 12.2 Å². The summed E-state index contributed by atoms with van der Waals surface area (Å²) in [7, 11) is 3.40. The lowest BCUT2D eigenvalue weighted by atomic mass is 10.0. The number of aromatic nitrogens is 2. The van der Waals surface area contributed by atoms with Crippen LogP contribution >= 0.6 is 0 Å². The third-order valence-electron chi connectivity index (χ3n) is 3.61. The Hall–Kier alpha value is -2.83. The third-order valence-corrected chi connectivity index (χ3v) is 3.61. The van der Waals surface area contributed by atoms with Gasteiger partial charge in [0.15, 0.2) is 0 Å². The normalized spacial score (nSPS) is 16.6. The summed E-state index contributed by atoms with van der Waals surface area (Å²) in [5.74, 6) is 0.633. The van der Waals surface area contributed by atoms with Gasteiger partial charge in [-0.2, -0.15) is 5.10 Å². The lowest BCUT2D eigenvalue weighted by molar-refractivity contribution is 0.0753. The fourth-order valence-corrected chi connectivity index (χ4v) is 2.34. The van der Waals surface area contributed by atoms with E-state index >= 15 is 0 Å². The van der Waals surface area contributed by atoms with Gasteiger partial charge in [-0.15, -0.1) is 0 Å². The molecule has 1 aliphatic heterocycles. The van der Waals surface area contributed by atoms with E-state index in [1.807, 2.05) is 24.3 Å². The molecule has 0 saturated heterocycles. The Labute approximate surface area is 133 Å². The van der Waals surface area contributed by atoms with Crippen molar-refractivity contribution in [2.45, 2.75) is 12.5 Å². The van der Waals surface area contributed by atoms with Gasteiger partial charge in [0.05, 0.1) is 31.1 Å². The molecular formula is C16H18N4O3. The minimum atomic E-state index is -0.167. The fourth-order valence-electron chi connectivity index (χ4n) is 2.34. The zero-order chi connectivity index (χ0) is 16.2. The first kappa shape index (κ1) is 15.1. The second kappa shape index (κ2) is 6.51. The number of methoxy groups -OCH3 is 1. The Morgan fingerprint density at radius 2 is 2.22 bits per heavy atom. The van der Waals surface area contributed by atoms with Crippen molar-refractivity contribution in [3.63, 3.8) is 0 Å². The maximum absolute atomic E-state index is 12.0. The molecule has 1 aromatic carbocycles. The van der Waals surface area contributed by atoms with Crippen LogP contribution in [0.4, 0.5) is 0 Å². The van der Waals surface area contributed by atoms with Crippen LogP contribution in [0.2, 0.25) is 0 Å². The van der Waals surface area contributed by atoms with Crippen LogP contribution in [0.15, 0.2) is 41.8 Å². The number of amides is 1. The molecule has 0 unspecified atom stereocenters. The predicted molar refractivity (Wildman–Crippen MR) is 84.6 cm³/mol. The van der Waals surface area contributed by atoms with Crippen LogP contribution in [0.1, 0.15) is 22.3 Å². The van der Waals surface area contributed by atoms with Crippen molar-refractivity contribution in [3.05, 3.63) is 47.8 Å². The van der Waals surface area contributed by atoms with Crippen molar-refractivity contribution in [3.8, 4) is 5.75 Å². The van der Waals surface area contributed by atoms with Gasteiger partial charge in [0.1, 0.15) is 11.9 Å². The van der Waals surface area contributed by atoms with Gasteiger partial charge in [-0.3, -0.25) is 9.48 Å². The van der Waals surface area contributed by atoms with E-state index in [0.29, 0.717) is 18.5 Å². The summed E-state index contributed by atoms with van der Waals surface area (Å²) in [5.41, 5.74) is 2.39. The number of rotatable bonds is 5. The summed E-state index contributed by atoms with van der Waals surface area (Å²) < 4.78 is 6.73. The highest BCUT2D eigenvalue weighted by molar-refractivity contribution is 6.01. The lowest BCUT2D eigenvalue weighted by Crippen LogP contribution is -2.32. The molecule has 0 radical (unpaired) electrons. The smallest absolute Gasteiger partial charge is 0.254 e. The molecule has 7 heteroatoms. The van der Waals surface area contributed by atoms with Crippen molar-refractivity contribution < 1.29 is 14.4 Å². The Bertz CT molecular complexity index is 721. The zero-order valence-corrected chi connectivity index (χ0v) is 13.0. The number of hydrogen-bond donors (Lipinski definition) is 1. The summed E-state index contributed by atoms with van der Waals surface area (Å²) >= 11 is 0. The maximum atomic E-state index is 12.0. The molecule has 120 valence electrons. The zero-order valence-electron chi connectivity index (χ0n) is 13.0. The Morgan fingerprint density at radius 3 is 2.87 bits per heavy atom. The summed E-state index contributed by atoms with van der Waals surface area (Å²) in [4.78, 5) is 17.4. The lowest BCUT2D eigenvalue weighted by Gasteiger charge is -2.09. The number of benzene rings is 1. The molecule has 7 nitrogen and oxygen atoms in total. The third kappa shape index (κ3) is 3.50. The average Bonchev–Trinajstić information content (AvgIpc) is 3.22. The molecule has 0 bridgehead atoms. The van der Waals surface area contributed by atoms with Crippen molar-refractivity contribution >= 4 is 11.6 Å². The number of hydrogen-bond acceptors (Lipinski definition) is 5. The van der Waals surface area contributed by atoms with Crippen LogP contribution in [-0.4, -0.2) is 41.2 Å². The van der Waals surface area contributed by atoms with E-state index in [-0.39, 0.29) is 12.0 Å². The molecule has 23 heavy (non-hydrogen) atoms. The number of aryl methyl sites for hydroxylation is 1. The van der Waals surface area contributed by atoms with Crippen LogP contribution in [0.5, 0.6) is 5.75 Å². The second-order valence-corrected chi connectivity index (χ2v) is 5.31. The number of nitrogens with zero attached hydrogens (tertiary/aromatic N) is 3. The number of ether oxygens (including phenoxy) is 1. The molecule has 1 atom stereocenters. The molecule has 0 fully saturated rings. The highest BCUT2D eigenvalue weighted by atomic mass is 16.6. The number of oxime groups is 1. The minimum absolute atomic E-state index is 0.160. The Balaban J connectivity index is 1.51. The molecule has 0 aliphatic carbocycles. The molecule has 0 spiro atoms. The summed E-state index contributed by atoms with van der Waals surface area (Å²) in [5, 5.41) is 10.9.